The summed E-state index contributed by atoms with van der Waals surface area (Å²) in [6.07, 6.45) is 9.67. The van der Waals surface area contributed by atoms with E-state index in [2.05, 4.69) is 17.3 Å². The van der Waals surface area contributed by atoms with Crippen LogP contribution in [0.1, 0.15) is 64.7 Å². The first-order valence-corrected chi connectivity index (χ1v) is 9.83. The molecule has 6 heteroatoms. The number of rotatable bonds is 6. The summed E-state index contributed by atoms with van der Waals surface area (Å²) in [6.45, 7) is 3.37. The molecule has 2 amide bonds. The number of nitrogens with zero attached hydrogens (tertiary/aromatic N) is 2. The van der Waals surface area contributed by atoms with Gasteiger partial charge in [0.2, 0.25) is 0 Å². The van der Waals surface area contributed by atoms with E-state index in [0.29, 0.717) is 19.0 Å². The molecule has 0 saturated heterocycles. The first-order chi connectivity index (χ1) is 11.9. The Bertz CT molecular complexity index is 465. The Labute approximate surface area is 151 Å². The Morgan fingerprint density at radius 1 is 1.04 bits per heavy atom. The van der Waals surface area contributed by atoms with Crippen molar-refractivity contribution < 1.29 is 14.7 Å². The summed E-state index contributed by atoms with van der Waals surface area (Å²) < 4.78 is 0. The lowest BCUT2D eigenvalue weighted by atomic mass is 9.73. The molecule has 144 valence electrons. The van der Waals surface area contributed by atoms with Crippen LogP contribution in [0.15, 0.2) is 0 Å². The van der Waals surface area contributed by atoms with Gasteiger partial charge in [-0.05, 0) is 38.6 Å². The van der Waals surface area contributed by atoms with E-state index < -0.39 is 11.5 Å². The molecule has 2 rings (SSSR count). The molecule has 2 N–H and O–H groups in total. The number of carboxylic acid groups (broad SMARTS) is 1. The van der Waals surface area contributed by atoms with Crippen molar-refractivity contribution >= 4 is 12.0 Å². The average molecular weight is 354 g/mol. The standard InChI is InChI=1S/C19H35N3O3/c1-15-9-7-8-12-19(15,17(23)24)20-18(25)22(3)14-13-21(2)16-10-5-4-6-11-16/h15-16H,4-14H2,1-3H3,(H,20,25)(H,23,24). The maximum absolute atomic E-state index is 12.6. The largest absolute Gasteiger partial charge is 0.479 e. The molecular formula is C19H35N3O3. The van der Waals surface area contributed by atoms with Crippen LogP contribution in [0, 0.1) is 5.92 Å². The topological polar surface area (TPSA) is 72.9 Å². The van der Waals surface area contributed by atoms with Crippen LogP contribution in [0.4, 0.5) is 4.79 Å². The number of nitrogens with one attached hydrogen (secondary N) is 1. The van der Waals surface area contributed by atoms with Crippen molar-refractivity contribution in [1.82, 2.24) is 15.1 Å². The highest BCUT2D eigenvalue weighted by molar-refractivity contribution is 5.86. The molecule has 0 aromatic heterocycles. The quantitative estimate of drug-likeness (QED) is 0.770. The van der Waals surface area contributed by atoms with Gasteiger partial charge in [-0.2, -0.15) is 0 Å². The number of carboxylic acids is 1. The van der Waals surface area contributed by atoms with Gasteiger partial charge in [0, 0.05) is 26.2 Å². The molecule has 2 atom stereocenters. The second-order valence-corrected chi connectivity index (χ2v) is 8.05. The molecule has 2 saturated carbocycles. The summed E-state index contributed by atoms with van der Waals surface area (Å²) in [4.78, 5) is 28.4. The smallest absolute Gasteiger partial charge is 0.329 e. The number of hydrogen-bond acceptors (Lipinski definition) is 3. The van der Waals surface area contributed by atoms with E-state index in [-0.39, 0.29) is 11.9 Å². The van der Waals surface area contributed by atoms with Crippen molar-refractivity contribution in [3.05, 3.63) is 0 Å². The minimum Gasteiger partial charge on any atom is -0.479 e. The van der Waals surface area contributed by atoms with Gasteiger partial charge in [0.05, 0.1) is 0 Å². The third-order valence-corrected chi connectivity index (χ3v) is 6.34. The Kier molecular flexibility index (Phi) is 7.11. The van der Waals surface area contributed by atoms with Crippen molar-refractivity contribution in [2.75, 3.05) is 27.2 Å². The number of aliphatic carboxylic acids is 1. The lowest BCUT2D eigenvalue weighted by Crippen LogP contribution is -2.62. The van der Waals surface area contributed by atoms with E-state index in [9.17, 15) is 14.7 Å². The van der Waals surface area contributed by atoms with Crippen molar-refractivity contribution in [2.24, 2.45) is 5.92 Å². The highest BCUT2D eigenvalue weighted by Crippen LogP contribution is 2.34. The summed E-state index contributed by atoms with van der Waals surface area (Å²) in [5.74, 6) is -0.943. The van der Waals surface area contributed by atoms with Crippen LogP contribution in [0.3, 0.4) is 0 Å². The minimum atomic E-state index is -1.11. The lowest BCUT2D eigenvalue weighted by molar-refractivity contribution is -0.148. The van der Waals surface area contributed by atoms with Gasteiger partial charge in [-0.15, -0.1) is 0 Å². The van der Waals surface area contributed by atoms with Crippen molar-refractivity contribution in [2.45, 2.75) is 76.3 Å². The number of carbonyl (C=O) groups is 2. The number of urea groups is 1. The summed E-state index contributed by atoms with van der Waals surface area (Å²) in [6, 6.07) is 0.349. The van der Waals surface area contributed by atoms with E-state index in [1.807, 2.05) is 6.92 Å². The van der Waals surface area contributed by atoms with Gasteiger partial charge in [0.1, 0.15) is 5.54 Å². The van der Waals surface area contributed by atoms with Crippen molar-refractivity contribution in [1.29, 1.82) is 0 Å². The molecule has 25 heavy (non-hydrogen) atoms. The predicted octanol–water partition coefficient (Wildman–Crippen LogP) is 2.93. The van der Waals surface area contributed by atoms with Gasteiger partial charge in [-0.1, -0.05) is 39.0 Å². The first kappa shape index (κ1) is 20.0. The second-order valence-electron chi connectivity index (χ2n) is 8.05. The molecule has 2 unspecified atom stereocenters. The summed E-state index contributed by atoms with van der Waals surface area (Å²) in [5, 5.41) is 12.6. The molecule has 0 spiro atoms. The Morgan fingerprint density at radius 2 is 1.68 bits per heavy atom. The zero-order valence-corrected chi connectivity index (χ0v) is 16.1. The number of hydrogen-bond donors (Lipinski definition) is 2. The second kappa shape index (κ2) is 8.88. The number of likely N-dealkylation sites (N-methyl/N-ethyl adjacent to an activating group) is 2. The summed E-state index contributed by atoms with van der Waals surface area (Å²) >= 11 is 0. The molecule has 6 nitrogen and oxygen atoms in total. The molecule has 0 aliphatic heterocycles. The fourth-order valence-corrected chi connectivity index (χ4v) is 4.30. The minimum absolute atomic E-state index is 0.0407. The van der Waals surface area contributed by atoms with E-state index in [1.165, 1.54) is 32.1 Å². The van der Waals surface area contributed by atoms with Crippen LogP contribution >= 0.6 is 0 Å². The van der Waals surface area contributed by atoms with Crippen molar-refractivity contribution in [3.63, 3.8) is 0 Å². The summed E-state index contributed by atoms with van der Waals surface area (Å²) in [7, 11) is 3.89. The molecule has 2 aliphatic rings. The molecular weight excluding hydrogens is 318 g/mol. The van der Waals surface area contributed by atoms with Crippen LogP contribution in [-0.2, 0) is 4.79 Å². The summed E-state index contributed by atoms with van der Waals surface area (Å²) in [5.41, 5.74) is -1.11. The molecule has 0 aromatic carbocycles. The normalized spacial score (nSPS) is 27.9. The van der Waals surface area contributed by atoms with Gasteiger partial charge in [-0.3, -0.25) is 0 Å². The highest BCUT2D eigenvalue weighted by atomic mass is 16.4. The Hall–Kier alpha value is -1.30. The van der Waals surface area contributed by atoms with Gasteiger partial charge in [0.15, 0.2) is 0 Å². The van der Waals surface area contributed by atoms with E-state index in [1.54, 1.807) is 11.9 Å². The van der Waals surface area contributed by atoms with E-state index in [4.69, 9.17) is 0 Å². The molecule has 2 fully saturated rings. The van der Waals surface area contributed by atoms with Crippen LogP contribution < -0.4 is 5.32 Å². The van der Waals surface area contributed by atoms with Crippen LogP contribution in [-0.4, -0.2) is 65.7 Å². The maximum atomic E-state index is 12.6. The monoisotopic (exact) mass is 353 g/mol. The number of carbonyl (C=O) groups excluding carboxylic acids is 1. The van der Waals surface area contributed by atoms with E-state index >= 15 is 0 Å². The van der Waals surface area contributed by atoms with Gasteiger partial charge >= 0.3 is 12.0 Å². The Balaban J connectivity index is 1.86. The molecule has 2 aliphatic carbocycles. The highest BCUT2D eigenvalue weighted by Gasteiger charge is 2.46. The predicted molar refractivity (Wildman–Crippen MR) is 98.7 cm³/mol. The Morgan fingerprint density at radius 3 is 2.28 bits per heavy atom. The molecule has 0 radical (unpaired) electrons. The SMILES string of the molecule is CC1CCCCC1(NC(=O)N(C)CCN(C)C1CCCCC1)C(=O)O. The molecule has 0 bridgehead atoms. The average Bonchev–Trinajstić information content (AvgIpc) is 2.61. The molecule has 0 aromatic rings. The first-order valence-electron chi connectivity index (χ1n) is 9.83. The van der Waals surface area contributed by atoms with Gasteiger partial charge in [0.25, 0.3) is 0 Å². The van der Waals surface area contributed by atoms with Crippen LogP contribution in [0.5, 0.6) is 0 Å². The fourth-order valence-electron chi connectivity index (χ4n) is 4.30. The zero-order valence-electron chi connectivity index (χ0n) is 16.1. The van der Waals surface area contributed by atoms with Crippen LogP contribution in [0.2, 0.25) is 0 Å². The third-order valence-electron chi connectivity index (χ3n) is 6.34. The maximum Gasteiger partial charge on any atom is 0.329 e. The molecule has 0 heterocycles. The lowest BCUT2D eigenvalue weighted by Gasteiger charge is -2.40. The zero-order chi connectivity index (χ0) is 18.4. The fraction of sp³-hybridized carbons (Fsp3) is 0.895. The van der Waals surface area contributed by atoms with E-state index in [0.717, 1.165) is 25.8 Å². The van der Waals surface area contributed by atoms with Crippen molar-refractivity contribution in [3.8, 4) is 0 Å². The van der Waals surface area contributed by atoms with Gasteiger partial charge < -0.3 is 20.2 Å². The van der Waals surface area contributed by atoms with Crippen LogP contribution in [0.25, 0.3) is 0 Å². The van der Waals surface area contributed by atoms with Gasteiger partial charge in [-0.25, -0.2) is 9.59 Å². The third kappa shape index (κ3) is 4.87. The number of amides is 2.